The van der Waals surface area contributed by atoms with Crippen LogP contribution in [0.1, 0.15) is 119 Å². The van der Waals surface area contributed by atoms with Crippen molar-refractivity contribution in [3.8, 4) is 0 Å². The van der Waals surface area contributed by atoms with E-state index in [4.69, 9.17) is 0 Å². The molecule has 1 aliphatic rings. The highest BCUT2D eigenvalue weighted by molar-refractivity contribution is 9.10. The molecule has 6 nitrogen and oxygen atoms in total. The second kappa shape index (κ2) is 19.2. The van der Waals surface area contributed by atoms with Crippen LogP contribution in [0.25, 0.3) is 0 Å². The lowest BCUT2D eigenvalue weighted by Crippen LogP contribution is -2.32. The van der Waals surface area contributed by atoms with Crippen LogP contribution in [0.15, 0.2) is 63.5 Å². The highest BCUT2D eigenvalue weighted by Gasteiger charge is 2.22. The molecule has 3 amide bonds. The quantitative estimate of drug-likeness (QED) is 0.216. The summed E-state index contributed by atoms with van der Waals surface area (Å²) >= 11 is 7.49. The minimum Gasteiger partial charge on any atom is -0.334 e. The molecule has 3 aromatic carbocycles. The van der Waals surface area contributed by atoms with Crippen molar-refractivity contribution < 1.29 is 14.4 Å². The molecule has 0 atom stereocenters. The zero-order valence-electron chi connectivity index (χ0n) is 31.7. The van der Waals surface area contributed by atoms with E-state index in [0.717, 1.165) is 67.2 Å². The summed E-state index contributed by atoms with van der Waals surface area (Å²) in [6, 6.07) is 19.1. The first-order valence-electron chi connectivity index (χ1n) is 18.6. The van der Waals surface area contributed by atoms with Gasteiger partial charge in [0.05, 0.1) is 0 Å². The topological polar surface area (TPSA) is 60.9 Å². The highest BCUT2D eigenvalue weighted by Crippen LogP contribution is 2.26. The molecule has 0 N–H and O–H groups in total. The van der Waals surface area contributed by atoms with Crippen molar-refractivity contribution in [1.29, 1.82) is 0 Å². The molecule has 0 saturated carbocycles. The Bertz CT molecular complexity index is 1400. The number of hydrogen-bond donors (Lipinski definition) is 0. The molecule has 0 saturated heterocycles. The molecule has 51 heavy (non-hydrogen) atoms. The Morgan fingerprint density at radius 3 is 0.941 bits per heavy atom. The molecule has 0 aliphatic carbocycles. The van der Waals surface area contributed by atoms with Crippen LogP contribution in [0.2, 0.25) is 0 Å². The van der Waals surface area contributed by atoms with Gasteiger partial charge in [0, 0.05) is 67.5 Å². The Hall–Kier alpha value is -2.97. The average molecular weight is 824 g/mol. The Morgan fingerprint density at radius 1 is 0.471 bits per heavy atom. The number of halogens is 2. The molecule has 0 fully saturated rings. The van der Waals surface area contributed by atoms with Crippen LogP contribution in [-0.2, 0) is 53.7 Å². The second-order valence-electron chi connectivity index (χ2n) is 15.8. The summed E-state index contributed by atoms with van der Waals surface area (Å²) < 4.78 is 1.86. The highest BCUT2D eigenvalue weighted by atomic mass is 79.9. The minimum absolute atomic E-state index is 0.117. The number of benzene rings is 3. The van der Waals surface area contributed by atoms with E-state index in [9.17, 15) is 14.4 Å². The first-order valence-corrected chi connectivity index (χ1v) is 20.2. The second-order valence-corrected chi connectivity index (χ2v) is 17.6. The molecule has 1 aliphatic heterocycles. The van der Waals surface area contributed by atoms with Crippen LogP contribution >= 0.6 is 31.9 Å². The SMILES string of the molecule is Cc1cc2cc(c1)CN(C(=O)CCC(C)C)Cc1cc(Br)cc(c1)CN(C(=O)CCC(C)C)Cc1cc(Br)cc(c1)CN(C(=O)CCC(C)C)C2. The Kier molecular flexibility index (Phi) is 15.4. The van der Waals surface area contributed by atoms with Crippen LogP contribution in [0.3, 0.4) is 0 Å². The van der Waals surface area contributed by atoms with E-state index < -0.39 is 0 Å². The van der Waals surface area contributed by atoms with Crippen molar-refractivity contribution in [2.75, 3.05) is 0 Å². The van der Waals surface area contributed by atoms with Crippen LogP contribution in [0, 0.1) is 24.7 Å². The molecular weight excluding hydrogens is 766 g/mol. The van der Waals surface area contributed by atoms with E-state index in [-0.39, 0.29) is 17.7 Å². The first-order chi connectivity index (χ1) is 24.1. The lowest BCUT2D eigenvalue weighted by Gasteiger charge is -2.28. The van der Waals surface area contributed by atoms with Crippen molar-refractivity contribution in [3.05, 3.63) is 102 Å². The summed E-state index contributed by atoms with van der Waals surface area (Å²) in [6.07, 6.45) is 3.93. The zero-order chi connectivity index (χ0) is 37.2. The predicted octanol–water partition coefficient (Wildman–Crippen LogP) is 10.7. The summed E-state index contributed by atoms with van der Waals surface area (Å²) in [7, 11) is 0. The number of carbonyl (C=O) groups is 3. The molecule has 6 bridgehead atoms. The fraction of sp³-hybridized carbons (Fsp3) is 0.512. The van der Waals surface area contributed by atoms with Gasteiger partial charge in [0.2, 0.25) is 17.7 Å². The molecule has 4 rings (SSSR count). The summed E-state index contributed by atoms with van der Waals surface area (Å²) in [5.74, 6) is 1.65. The number of aryl methyl sites for hydroxylation is 1. The van der Waals surface area contributed by atoms with Crippen LogP contribution in [0.4, 0.5) is 0 Å². The number of rotatable bonds is 9. The zero-order valence-corrected chi connectivity index (χ0v) is 34.9. The van der Waals surface area contributed by atoms with E-state index in [2.05, 4.69) is 135 Å². The number of nitrogens with zero attached hydrogens (tertiary/aromatic N) is 3. The largest absolute Gasteiger partial charge is 0.334 e. The van der Waals surface area contributed by atoms with Gasteiger partial charge < -0.3 is 14.7 Å². The summed E-state index contributed by atoms with van der Waals surface area (Å²) in [6.45, 7) is 17.8. The van der Waals surface area contributed by atoms with Crippen molar-refractivity contribution in [3.63, 3.8) is 0 Å². The van der Waals surface area contributed by atoms with Crippen molar-refractivity contribution in [2.45, 2.75) is 126 Å². The maximum absolute atomic E-state index is 13.8. The maximum atomic E-state index is 13.8. The maximum Gasteiger partial charge on any atom is 0.223 e. The molecular formula is C43H57Br2N3O3. The lowest BCUT2D eigenvalue weighted by molar-refractivity contribution is -0.133. The van der Waals surface area contributed by atoms with Gasteiger partial charge in [-0.15, -0.1) is 0 Å². The summed E-state index contributed by atoms with van der Waals surface area (Å²) in [4.78, 5) is 47.4. The Labute approximate surface area is 323 Å². The third-order valence-electron chi connectivity index (χ3n) is 9.34. The minimum atomic E-state index is 0.117. The van der Waals surface area contributed by atoms with Gasteiger partial charge >= 0.3 is 0 Å². The van der Waals surface area contributed by atoms with Crippen molar-refractivity contribution >= 4 is 49.6 Å². The third kappa shape index (κ3) is 13.5. The number of hydrogen-bond acceptors (Lipinski definition) is 3. The fourth-order valence-corrected chi connectivity index (χ4v) is 7.84. The fourth-order valence-electron chi connectivity index (χ4n) is 6.66. The van der Waals surface area contributed by atoms with Crippen molar-refractivity contribution in [2.24, 2.45) is 17.8 Å². The monoisotopic (exact) mass is 821 g/mol. The van der Waals surface area contributed by atoms with E-state index in [0.29, 0.717) is 76.3 Å². The molecule has 0 aromatic heterocycles. The van der Waals surface area contributed by atoms with Gasteiger partial charge in [-0.2, -0.15) is 0 Å². The lowest BCUT2D eigenvalue weighted by atomic mass is 10.0. The summed E-state index contributed by atoms with van der Waals surface area (Å²) in [5.41, 5.74) is 7.30. The van der Waals surface area contributed by atoms with Crippen LogP contribution in [0.5, 0.6) is 0 Å². The first kappa shape index (κ1) is 40.8. The van der Waals surface area contributed by atoms with Crippen LogP contribution in [-0.4, -0.2) is 32.4 Å². The predicted molar refractivity (Wildman–Crippen MR) is 214 cm³/mol. The van der Waals surface area contributed by atoms with Gasteiger partial charge in [0.1, 0.15) is 0 Å². The Morgan fingerprint density at radius 2 is 0.706 bits per heavy atom. The average Bonchev–Trinajstić information content (AvgIpc) is 3.02. The molecule has 0 unspecified atom stereocenters. The molecule has 0 radical (unpaired) electrons. The van der Waals surface area contributed by atoms with Gasteiger partial charge in [0.25, 0.3) is 0 Å². The normalized spacial score (nSPS) is 14.2. The van der Waals surface area contributed by atoms with E-state index in [1.54, 1.807) is 0 Å². The molecule has 1 heterocycles. The van der Waals surface area contributed by atoms with E-state index in [1.165, 1.54) is 0 Å². The molecule has 0 spiro atoms. The van der Waals surface area contributed by atoms with Gasteiger partial charge in [-0.25, -0.2) is 0 Å². The van der Waals surface area contributed by atoms with Gasteiger partial charge in [-0.05, 0) is 102 Å². The van der Waals surface area contributed by atoms with Crippen molar-refractivity contribution in [1.82, 2.24) is 14.7 Å². The van der Waals surface area contributed by atoms with E-state index >= 15 is 0 Å². The third-order valence-corrected chi connectivity index (χ3v) is 10.3. The Balaban J connectivity index is 1.83. The van der Waals surface area contributed by atoms with Gasteiger partial charge in [-0.3, -0.25) is 14.4 Å². The molecule has 276 valence electrons. The number of fused-ring (bicyclic) bond motifs is 6. The molecule has 8 heteroatoms. The number of amides is 3. The van der Waals surface area contributed by atoms with Crippen LogP contribution < -0.4 is 0 Å². The van der Waals surface area contributed by atoms with E-state index in [1.807, 2.05) is 14.7 Å². The van der Waals surface area contributed by atoms with Gasteiger partial charge in [-0.1, -0.05) is 109 Å². The van der Waals surface area contributed by atoms with Gasteiger partial charge in [0.15, 0.2) is 0 Å². The summed E-state index contributed by atoms with van der Waals surface area (Å²) in [5, 5.41) is 0. The smallest absolute Gasteiger partial charge is 0.223 e. The standard InChI is InChI=1S/C43H57Br2N3O3/c1-29(2)8-11-41(49)46-23-33-14-32(7)15-34(16-33)24-47(42(50)12-9-30(3)4)26-36-18-38(22-40(45)20-36)28-48(43(51)13-10-31(5)6)27-37-17-35(25-46)19-39(44)21-37/h14-22,29-31H,8-13,23-28H2,1-7H3. The molecule has 3 aromatic rings. The number of carbonyl (C=O) groups excluding carboxylic acids is 3.